The molecule has 0 heterocycles. The first-order chi connectivity index (χ1) is 6.91. The molecule has 0 saturated carbocycles. The van der Waals surface area contributed by atoms with Crippen LogP contribution < -0.4 is 10.6 Å². The van der Waals surface area contributed by atoms with Gasteiger partial charge < -0.3 is 0 Å². The van der Waals surface area contributed by atoms with Crippen LogP contribution in [0.25, 0.3) is 0 Å². The fraction of sp³-hybridized carbons (Fsp3) is 1.00. The summed E-state index contributed by atoms with van der Waals surface area (Å²) in [5, 5.41) is 7.29. The Hall–Kier alpha value is -0.0800. The van der Waals surface area contributed by atoms with Crippen molar-refractivity contribution in [2.24, 2.45) is 0 Å². The summed E-state index contributed by atoms with van der Waals surface area (Å²) < 4.78 is 0. The smallest absolute Gasteiger partial charge is 0.0577 e. The average Bonchev–Trinajstić information content (AvgIpc) is 2.13. The Morgan fingerprint density at radius 2 is 1.73 bits per heavy atom. The second kappa shape index (κ2) is 7.24. The summed E-state index contributed by atoms with van der Waals surface area (Å²) in [5.74, 6) is 0. The van der Waals surface area contributed by atoms with Crippen molar-refractivity contribution in [2.45, 2.75) is 85.0 Å². The van der Waals surface area contributed by atoms with E-state index < -0.39 is 0 Å². The lowest BCUT2D eigenvalue weighted by atomic mass is 10.0. The molecule has 2 nitrogen and oxygen atoms in total. The fourth-order valence-corrected chi connectivity index (χ4v) is 1.58. The number of hydrogen-bond donors (Lipinski definition) is 2. The lowest BCUT2D eigenvalue weighted by Gasteiger charge is -2.33. The highest BCUT2D eigenvalue weighted by Gasteiger charge is 2.19. The number of unbranched alkanes of at least 4 members (excludes halogenated alkanes) is 1. The molecule has 0 saturated heterocycles. The van der Waals surface area contributed by atoms with Crippen molar-refractivity contribution in [1.82, 2.24) is 10.6 Å². The van der Waals surface area contributed by atoms with Crippen LogP contribution in [0.1, 0.15) is 67.2 Å². The maximum atomic E-state index is 3.70. The number of nitrogens with one attached hydrogen (secondary N) is 2. The van der Waals surface area contributed by atoms with Crippen LogP contribution in [-0.4, -0.2) is 17.7 Å². The average molecular weight is 214 g/mol. The monoisotopic (exact) mass is 214 g/mol. The molecule has 2 heteroatoms. The van der Waals surface area contributed by atoms with E-state index in [4.69, 9.17) is 0 Å². The van der Waals surface area contributed by atoms with Gasteiger partial charge in [-0.05, 0) is 40.5 Å². The molecular formula is C13H30N2. The minimum Gasteiger partial charge on any atom is -0.300 e. The fourth-order valence-electron chi connectivity index (χ4n) is 1.58. The minimum atomic E-state index is 0.236. The first-order valence-electron chi connectivity index (χ1n) is 6.45. The van der Waals surface area contributed by atoms with E-state index in [9.17, 15) is 0 Å². The van der Waals surface area contributed by atoms with Gasteiger partial charge in [0.15, 0.2) is 0 Å². The van der Waals surface area contributed by atoms with E-state index >= 15 is 0 Å². The van der Waals surface area contributed by atoms with Crippen LogP contribution in [0.5, 0.6) is 0 Å². The standard InChI is InChI=1S/C13H30N2/c1-7-9-10-12(14-11(3)4)15-13(5,6)8-2/h11-12,14-15H,7-10H2,1-6H3. The van der Waals surface area contributed by atoms with E-state index in [0.29, 0.717) is 12.2 Å². The Bertz CT molecular complexity index is 153. The molecule has 0 amide bonds. The third-order valence-corrected chi connectivity index (χ3v) is 2.83. The van der Waals surface area contributed by atoms with E-state index in [1.807, 2.05) is 0 Å². The molecule has 0 radical (unpaired) electrons. The summed E-state index contributed by atoms with van der Waals surface area (Å²) in [6.45, 7) is 13.4. The van der Waals surface area contributed by atoms with Gasteiger partial charge in [0, 0.05) is 11.6 Å². The van der Waals surface area contributed by atoms with E-state index in [2.05, 4.69) is 52.2 Å². The lowest BCUT2D eigenvalue weighted by Crippen LogP contribution is -2.53. The third kappa shape index (κ3) is 7.80. The van der Waals surface area contributed by atoms with Gasteiger partial charge in [-0.1, -0.05) is 26.7 Å². The van der Waals surface area contributed by atoms with Crippen LogP contribution in [0.15, 0.2) is 0 Å². The van der Waals surface area contributed by atoms with Crippen molar-refractivity contribution in [2.75, 3.05) is 0 Å². The molecule has 92 valence electrons. The maximum Gasteiger partial charge on any atom is 0.0577 e. The number of rotatable bonds is 8. The Morgan fingerprint density at radius 1 is 1.13 bits per heavy atom. The van der Waals surface area contributed by atoms with E-state index in [1.165, 1.54) is 19.3 Å². The van der Waals surface area contributed by atoms with Crippen LogP contribution >= 0.6 is 0 Å². The molecule has 0 aliphatic rings. The predicted octanol–water partition coefficient (Wildman–Crippen LogP) is 3.28. The van der Waals surface area contributed by atoms with E-state index in [1.54, 1.807) is 0 Å². The molecule has 1 unspecified atom stereocenters. The molecule has 0 rings (SSSR count). The summed E-state index contributed by atoms with van der Waals surface area (Å²) in [6.07, 6.45) is 5.40. The SMILES string of the molecule is CCCCC(NC(C)C)NC(C)(C)CC. The molecule has 15 heavy (non-hydrogen) atoms. The molecule has 0 aliphatic heterocycles. The molecule has 0 aromatic heterocycles. The third-order valence-electron chi connectivity index (χ3n) is 2.83. The molecule has 1 atom stereocenters. The molecule has 0 aromatic carbocycles. The van der Waals surface area contributed by atoms with Gasteiger partial charge in [0.25, 0.3) is 0 Å². The molecule has 0 spiro atoms. The van der Waals surface area contributed by atoms with Gasteiger partial charge in [-0.2, -0.15) is 0 Å². The van der Waals surface area contributed by atoms with Crippen LogP contribution in [0.2, 0.25) is 0 Å². The molecule has 0 fully saturated rings. The number of hydrogen-bond acceptors (Lipinski definition) is 2. The predicted molar refractivity (Wildman–Crippen MR) is 69.1 cm³/mol. The van der Waals surface area contributed by atoms with Gasteiger partial charge in [0.05, 0.1) is 6.17 Å². The van der Waals surface area contributed by atoms with Crippen LogP contribution in [0, 0.1) is 0 Å². The summed E-state index contributed by atoms with van der Waals surface area (Å²) in [6, 6.07) is 0.548. The Labute approximate surface area is 96.2 Å². The highest BCUT2D eigenvalue weighted by molar-refractivity contribution is 4.80. The summed E-state index contributed by atoms with van der Waals surface area (Å²) in [5.41, 5.74) is 0.236. The quantitative estimate of drug-likeness (QED) is 0.606. The topological polar surface area (TPSA) is 24.1 Å². The zero-order valence-corrected chi connectivity index (χ0v) is 11.5. The molecule has 2 N–H and O–H groups in total. The molecule has 0 bridgehead atoms. The molecule has 0 aliphatic carbocycles. The summed E-state index contributed by atoms with van der Waals surface area (Å²) in [4.78, 5) is 0. The zero-order chi connectivity index (χ0) is 11.9. The second-order valence-electron chi connectivity index (χ2n) is 5.40. The van der Waals surface area contributed by atoms with Gasteiger partial charge in [0.1, 0.15) is 0 Å². The molecular weight excluding hydrogens is 184 g/mol. The highest BCUT2D eigenvalue weighted by Crippen LogP contribution is 2.10. The Balaban J connectivity index is 4.10. The van der Waals surface area contributed by atoms with Crippen LogP contribution in [0.4, 0.5) is 0 Å². The van der Waals surface area contributed by atoms with Crippen LogP contribution in [-0.2, 0) is 0 Å². The van der Waals surface area contributed by atoms with Gasteiger partial charge in [-0.25, -0.2) is 0 Å². The van der Waals surface area contributed by atoms with Crippen molar-refractivity contribution >= 4 is 0 Å². The van der Waals surface area contributed by atoms with Crippen LogP contribution in [0.3, 0.4) is 0 Å². The Kier molecular flexibility index (Phi) is 7.20. The zero-order valence-electron chi connectivity index (χ0n) is 11.5. The van der Waals surface area contributed by atoms with Crippen molar-refractivity contribution in [1.29, 1.82) is 0 Å². The van der Waals surface area contributed by atoms with Gasteiger partial charge in [0.2, 0.25) is 0 Å². The highest BCUT2D eigenvalue weighted by atomic mass is 15.2. The van der Waals surface area contributed by atoms with Gasteiger partial charge in [-0.15, -0.1) is 0 Å². The van der Waals surface area contributed by atoms with Gasteiger partial charge >= 0.3 is 0 Å². The maximum absolute atomic E-state index is 3.70. The normalized spacial score (nSPS) is 14.6. The van der Waals surface area contributed by atoms with Crippen molar-refractivity contribution in [3.8, 4) is 0 Å². The van der Waals surface area contributed by atoms with Gasteiger partial charge in [-0.3, -0.25) is 10.6 Å². The summed E-state index contributed by atoms with van der Waals surface area (Å²) in [7, 11) is 0. The van der Waals surface area contributed by atoms with Crippen molar-refractivity contribution in [3.05, 3.63) is 0 Å². The Morgan fingerprint density at radius 3 is 2.13 bits per heavy atom. The minimum absolute atomic E-state index is 0.236. The summed E-state index contributed by atoms with van der Waals surface area (Å²) >= 11 is 0. The first kappa shape index (κ1) is 14.9. The van der Waals surface area contributed by atoms with E-state index in [0.717, 1.165) is 6.42 Å². The van der Waals surface area contributed by atoms with E-state index in [-0.39, 0.29) is 5.54 Å². The lowest BCUT2D eigenvalue weighted by molar-refractivity contribution is 0.264. The van der Waals surface area contributed by atoms with Crippen molar-refractivity contribution < 1.29 is 0 Å². The first-order valence-corrected chi connectivity index (χ1v) is 6.45. The largest absolute Gasteiger partial charge is 0.300 e. The molecule has 0 aromatic rings. The van der Waals surface area contributed by atoms with Crippen molar-refractivity contribution in [3.63, 3.8) is 0 Å². The second-order valence-corrected chi connectivity index (χ2v) is 5.40.